The number of hydrogen-bond acceptors (Lipinski definition) is 5. The lowest BCUT2D eigenvalue weighted by atomic mass is 10.2. The van der Waals surface area contributed by atoms with Gasteiger partial charge in [-0.1, -0.05) is 29.4 Å². The van der Waals surface area contributed by atoms with Crippen molar-refractivity contribution < 1.29 is 4.79 Å². The summed E-state index contributed by atoms with van der Waals surface area (Å²) in [6.07, 6.45) is 2.31. The molecule has 1 aromatic heterocycles. The zero-order chi connectivity index (χ0) is 20.3. The predicted molar refractivity (Wildman–Crippen MR) is 116 cm³/mol. The van der Waals surface area contributed by atoms with E-state index >= 15 is 0 Å². The van der Waals surface area contributed by atoms with E-state index in [1.807, 2.05) is 61.4 Å². The first-order chi connectivity index (χ1) is 13.4. The van der Waals surface area contributed by atoms with Crippen LogP contribution in [0.2, 0.25) is 5.02 Å². The summed E-state index contributed by atoms with van der Waals surface area (Å²) >= 11 is 7.66. The van der Waals surface area contributed by atoms with Crippen molar-refractivity contribution in [1.29, 1.82) is 0 Å². The summed E-state index contributed by atoms with van der Waals surface area (Å²) in [5.41, 5.74) is 0.916. The number of carbonyl (C=O) groups excluding carboxylic acids is 1. The third-order valence-electron chi connectivity index (χ3n) is 4.80. The Labute approximate surface area is 176 Å². The number of halogens is 1. The molecular weight excluding hydrogens is 394 g/mol. The first-order valence-corrected chi connectivity index (χ1v) is 11.1. The van der Waals surface area contributed by atoms with Crippen molar-refractivity contribution in [3.63, 3.8) is 0 Å². The van der Waals surface area contributed by atoms with Crippen LogP contribution >= 0.6 is 23.4 Å². The van der Waals surface area contributed by atoms with E-state index in [0.29, 0.717) is 15.9 Å². The van der Waals surface area contributed by atoms with E-state index in [9.17, 15) is 4.79 Å². The topological polar surface area (TPSA) is 54.3 Å². The van der Waals surface area contributed by atoms with Gasteiger partial charge in [0.25, 0.3) is 0 Å². The molecule has 0 N–H and O–H groups in total. The monoisotopic (exact) mass is 421 g/mol. The molecular formula is C20H28ClN5OS. The summed E-state index contributed by atoms with van der Waals surface area (Å²) in [6.45, 7) is 10.1. The Morgan fingerprint density at radius 3 is 2.46 bits per heavy atom. The molecule has 1 fully saturated rings. The van der Waals surface area contributed by atoms with Gasteiger partial charge in [0.1, 0.15) is 0 Å². The second kappa shape index (κ2) is 9.18. The number of aromatic nitrogens is 3. The van der Waals surface area contributed by atoms with Gasteiger partial charge in [0, 0.05) is 30.2 Å². The van der Waals surface area contributed by atoms with Crippen molar-refractivity contribution in [2.75, 3.05) is 23.7 Å². The number of nitrogens with zero attached hydrogens (tertiary/aromatic N) is 5. The summed E-state index contributed by atoms with van der Waals surface area (Å²) in [5, 5.41) is 10.2. The van der Waals surface area contributed by atoms with Crippen molar-refractivity contribution in [3.8, 4) is 5.69 Å². The number of rotatable bonds is 7. The Morgan fingerprint density at radius 2 is 1.86 bits per heavy atom. The van der Waals surface area contributed by atoms with Crippen LogP contribution in [0.25, 0.3) is 5.69 Å². The van der Waals surface area contributed by atoms with E-state index in [0.717, 1.165) is 37.6 Å². The second-order valence-corrected chi connectivity index (χ2v) is 8.95. The average Bonchev–Trinajstić information content (AvgIpc) is 3.28. The highest BCUT2D eigenvalue weighted by atomic mass is 35.5. The van der Waals surface area contributed by atoms with E-state index in [-0.39, 0.29) is 18.0 Å². The molecule has 152 valence electrons. The summed E-state index contributed by atoms with van der Waals surface area (Å²) in [6, 6.07) is 8.01. The summed E-state index contributed by atoms with van der Waals surface area (Å²) in [4.78, 5) is 16.9. The van der Waals surface area contributed by atoms with Crippen LogP contribution in [0.5, 0.6) is 0 Å². The van der Waals surface area contributed by atoms with Crippen molar-refractivity contribution in [2.24, 2.45) is 0 Å². The molecule has 3 rings (SSSR count). The van der Waals surface area contributed by atoms with E-state index in [1.165, 1.54) is 11.8 Å². The third-order valence-corrected chi connectivity index (χ3v) is 5.95. The maximum atomic E-state index is 12.8. The van der Waals surface area contributed by atoms with Crippen molar-refractivity contribution in [1.82, 2.24) is 19.7 Å². The lowest BCUT2D eigenvalue weighted by molar-refractivity contribution is -0.131. The molecule has 8 heteroatoms. The zero-order valence-electron chi connectivity index (χ0n) is 16.9. The summed E-state index contributed by atoms with van der Waals surface area (Å²) < 4.78 is 2.02. The van der Waals surface area contributed by atoms with Gasteiger partial charge in [0.05, 0.1) is 11.4 Å². The van der Waals surface area contributed by atoms with Crippen molar-refractivity contribution in [2.45, 2.75) is 57.8 Å². The zero-order valence-corrected chi connectivity index (χ0v) is 18.5. The average molecular weight is 422 g/mol. The van der Waals surface area contributed by atoms with Crippen LogP contribution in [0.4, 0.5) is 5.95 Å². The van der Waals surface area contributed by atoms with Gasteiger partial charge < -0.3 is 9.80 Å². The van der Waals surface area contributed by atoms with Gasteiger partial charge in [0.15, 0.2) is 5.16 Å². The van der Waals surface area contributed by atoms with E-state index in [1.54, 1.807) is 0 Å². The standard InChI is InChI=1S/C20H28ClN5OS/c1-14(2)25(15(3)4)18(27)13-28-20-23-22-19(24-10-5-6-11-24)26(20)17-9-7-8-16(21)12-17/h7-9,12,14-15H,5-6,10-11,13H2,1-4H3. The third kappa shape index (κ3) is 4.63. The molecule has 1 aliphatic rings. The largest absolute Gasteiger partial charge is 0.341 e. The predicted octanol–water partition coefficient (Wildman–Crippen LogP) is 4.26. The molecule has 2 heterocycles. The number of benzene rings is 1. The smallest absolute Gasteiger partial charge is 0.233 e. The molecule has 0 aliphatic carbocycles. The van der Waals surface area contributed by atoms with Crippen LogP contribution in [0.3, 0.4) is 0 Å². The maximum Gasteiger partial charge on any atom is 0.233 e. The quantitative estimate of drug-likeness (QED) is 0.625. The lowest BCUT2D eigenvalue weighted by Crippen LogP contribution is -2.43. The first-order valence-electron chi connectivity index (χ1n) is 9.78. The van der Waals surface area contributed by atoms with Crippen LogP contribution in [0.15, 0.2) is 29.4 Å². The van der Waals surface area contributed by atoms with E-state index in [2.05, 4.69) is 15.1 Å². The van der Waals surface area contributed by atoms with Gasteiger partial charge in [-0.05, 0) is 58.7 Å². The fourth-order valence-corrected chi connectivity index (χ4v) is 4.69. The number of anilines is 1. The van der Waals surface area contributed by atoms with Crippen LogP contribution in [0, 0.1) is 0 Å². The molecule has 0 spiro atoms. The van der Waals surface area contributed by atoms with Crippen LogP contribution in [-0.4, -0.2) is 56.5 Å². The minimum absolute atomic E-state index is 0.110. The van der Waals surface area contributed by atoms with Gasteiger partial charge in [0.2, 0.25) is 11.9 Å². The molecule has 2 aromatic rings. The molecule has 0 saturated carbocycles. The molecule has 0 atom stereocenters. The molecule has 0 bridgehead atoms. The fourth-order valence-electron chi connectivity index (χ4n) is 3.69. The molecule has 1 amide bonds. The molecule has 1 aliphatic heterocycles. The van der Waals surface area contributed by atoms with E-state index < -0.39 is 0 Å². The summed E-state index contributed by atoms with van der Waals surface area (Å²) in [5.74, 6) is 1.26. The molecule has 1 saturated heterocycles. The van der Waals surface area contributed by atoms with Crippen molar-refractivity contribution in [3.05, 3.63) is 29.3 Å². The first kappa shape index (κ1) is 21.0. The molecule has 28 heavy (non-hydrogen) atoms. The van der Waals surface area contributed by atoms with Gasteiger partial charge in [-0.25, -0.2) is 0 Å². The highest BCUT2D eigenvalue weighted by Gasteiger charge is 2.25. The highest BCUT2D eigenvalue weighted by molar-refractivity contribution is 7.99. The number of carbonyl (C=O) groups is 1. The Kier molecular flexibility index (Phi) is 6.88. The molecule has 0 radical (unpaired) electrons. The Morgan fingerprint density at radius 1 is 1.18 bits per heavy atom. The Balaban J connectivity index is 1.88. The number of amides is 1. The Hall–Kier alpha value is -1.73. The van der Waals surface area contributed by atoms with Gasteiger partial charge >= 0.3 is 0 Å². The minimum atomic E-state index is 0.110. The maximum absolute atomic E-state index is 12.8. The number of hydrogen-bond donors (Lipinski definition) is 0. The highest BCUT2D eigenvalue weighted by Crippen LogP contribution is 2.30. The minimum Gasteiger partial charge on any atom is -0.341 e. The lowest BCUT2D eigenvalue weighted by Gasteiger charge is -2.30. The fraction of sp³-hybridized carbons (Fsp3) is 0.550. The normalized spacial score (nSPS) is 14.3. The SMILES string of the molecule is CC(C)N(C(=O)CSc1nnc(N2CCCC2)n1-c1cccc(Cl)c1)C(C)C. The molecule has 6 nitrogen and oxygen atoms in total. The number of thioether (sulfide) groups is 1. The van der Waals surface area contributed by atoms with Gasteiger partial charge in [-0.2, -0.15) is 0 Å². The Bertz CT molecular complexity index is 809. The summed E-state index contributed by atoms with van der Waals surface area (Å²) in [7, 11) is 0. The van der Waals surface area contributed by atoms with Gasteiger partial charge in [-0.15, -0.1) is 10.2 Å². The molecule has 1 aromatic carbocycles. The molecule has 0 unspecified atom stereocenters. The van der Waals surface area contributed by atoms with E-state index in [4.69, 9.17) is 11.6 Å². The second-order valence-electron chi connectivity index (χ2n) is 7.57. The van der Waals surface area contributed by atoms with Crippen molar-refractivity contribution >= 4 is 35.2 Å². The van der Waals surface area contributed by atoms with Crippen LogP contribution in [0.1, 0.15) is 40.5 Å². The van der Waals surface area contributed by atoms with Gasteiger partial charge in [-0.3, -0.25) is 9.36 Å². The van der Waals surface area contributed by atoms with Crippen LogP contribution in [-0.2, 0) is 4.79 Å². The van der Waals surface area contributed by atoms with Crippen LogP contribution < -0.4 is 4.90 Å².